The van der Waals surface area contributed by atoms with Gasteiger partial charge in [0.1, 0.15) is 12.6 Å². The van der Waals surface area contributed by atoms with Gasteiger partial charge in [-0.05, 0) is 46.9 Å². The summed E-state index contributed by atoms with van der Waals surface area (Å²) in [5.74, 6) is -1.59. The van der Waals surface area contributed by atoms with Gasteiger partial charge < -0.3 is 20.5 Å². The van der Waals surface area contributed by atoms with Crippen LogP contribution in [0.2, 0.25) is 0 Å². The van der Waals surface area contributed by atoms with E-state index in [1.807, 2.05) is 24.3 Å². The van der Waals surface area contributed by atoms with Crippen LogP contribution >= 0.6 is 0 Å². The molecule has 2 aromatic carbocycles. The molecule has 3 unspecified atom stereocenters. The molecule has 0 heterocycles. The van der Waals surface area contributed by atoms with E-state index in [1.54, 1.807) is 13.8 Å². The molecule has 1 fully saturated rings. The minimum Gasteiger partial charge on any atom is -0.480 e. The quantitative estimate of drug-likeness (QED) is 0.540. The number of carboxylic acid groups (broad SMARTS) is 1. The smallest absolute Gasteiger partial charge is 0.407 e. The summed E-state index contributed by atoms with van der Waals surface area (Å²) in [5, 5.41) is 14.9. The predicted molar refractivity (Wildman–Crippen MR) is 128 cm³/mol. The Hall–Kier alpha value is -3.35. The Bertz CT molecular complexity index is 1020. The van der Waals surface area contributed by atoms with Gasteiger partial charge in [-0.1, -0.05) is 68.8 Å². The number of fused-ring (bicyclic) bond motifs is 3. The van der Waals surface area contributed by atoms with E-state index in [2.05, 4.69) is 34.9 Å². The second kappa shape index (κ2) is 10.3. The van der Waals surface area contributed by atoms with Crippen LogP contribution in [-0.2, 0) is 14.3 Å². The van der Waals surface area contributed by atoms with Gasteiger partial charge in [-0.25, -0.2) is 9.59 Å². The van der Waals surface area contributed by atoms with Crippen molar-refractivity contribution in [3.63, 3.8) is 0 Å². The minimum absolute atomic E-state index is 0.00714. The number of benzene rings is 2. The van der Waals surface area contributed by atoms with Gasteiger partial charge in [0.05, 0.1) is 0 Å². The van der Waals surface area contributed by atoms with Crippen molar-refractivity contribution in [1.82, 2.24) is 10.6 Å². The Morgan fingerprint density at radius 3 is 2.21 bits per heavy atom. The van der Waals surface area contributed by atoms with Crippen molar-refractivity contribution in [2.75, 3.05) is 6.61 Å². The first-order valence-electron chi connectivity index (χ1n) is 12.0. The number of carbonyl (C=O) groups excluding carboxylic acids is 2. The molecule has 0 radical (unpaired) electrons. The first-order valence-corrected chi connectivity index (χ1v) is 12.0. The second-order valence-electron chi connectivity index (χ2n) is 9.60. The van der Waals surface area contributed by atoms with Crippen molar-refractivity contribution in [2.24, 2.45) is 11.8 Å². The standard InChI is InChI=1S/C27H32N2O5/c1-16(2)25(26(31)32)29-24(30)14-17-8-7-13-23(17)28-27(33)34-15-22-20-11-5-3-9-18(20)19-10-4-6-12-21(19)22/h3-6,9-12,16-17,22-23,25H,7-8,13-15H2,1-2H3,(H,28,33)(H,29,30)(H,31,32). The van der Waals surface area contributed by atoms with Crippen LogP contribution in [0.4, 0.5) is 4.79 Å². The Morgan fingerprint density at radius 2 is 1.62 bits per heavy atom. The molecular weight excluding hydrogens is 432 g/mol. The zero-order valence-electron chi connectivity index (χ0n) is 19.6. The van der Waals surface area contributed by atoms with Crippen LogP contribution < -0.4 is 10.6 Å². The summed E-state index contributed by atoms with van der Waals surface area (Å²) >= 11 is 0. The molecule has 0 spiro atoms. The van der Waals surface area contributed by atoms with Gasteiger partial charge in [-0.15, -0.1) is 0 Å². The van der Waals surface area contributed by atoms with Crippen LogP contribution in [0.5, 0.6) is 0 Å². The van der Waals surface area contributed by atoms with Crippen molar-refractivity contribution in [3.8, 4) is 11.1 Å². The number of rotatable bonds is 8. The number of amides is 2. The average Bonchev–Trinajstić information content (AvgIpc) is 3.37. The summed E-state index contributed by atoms with van der Waals surface area (Å²) in [6.07, 6.45) is 2.18. The number of carboxylic acids is 1. The number of hydrogen-bond acceptors (Lipinski definition) is 4. The van der Waals surface area contributed by atoms with Gasteiger partial charge in [0.15, 0.2) is 0 Å². The lowest BCUT2D eigenvalue weighted by molar-refractivity contribution is -0.143. The number of aliphatic carboxylic acids is 1. The monoisotopic (exact) mass is 464 g/mol. The fraction of sp³-hybridized carbons (Fsp3) is 0.444. The van der Waals surface area contributed by atoms with E-state index >= 15 is 0 Å². The van der Waals surface area contributed by atoms with Crippen LogP contribution in [0.1, 0.15) is 56.6 Å². The fourth-order valence-corrected chi connectivity index (χ4v) is 5.25. The summed E-state index contributed by atoms with van der Waals surface area (Å²) in [7, 11) is 0. The molecule has 3 atom stereocenters. The number of nitrogens with one attached hydrogen (secondary N) is 2. The molecule has 2 aliphatic rings. The maximum Gasteiger partial charge on any atom is 0.407 e. The van der Waals surface area contributed by atoms with Gasteiger partial charge in [-0.2, -0.15) is 0 Å². The largest absolute Gasteiger partial charge is 0.480 e. The zero-order valence-corrected chi connectivity index (χ0v) is 19.6. The molecule has 2 aliphatic carbocycles. The molecule has 1 saturated carbocycles. The van der Waals surface area contributed by atoms with Crippen molar-refractivity contribution >= 4 is 18.0 Å². The molecule has 2 amide bonds. The van der Waals surface area contributed by atoms with Gasteiger partial charge in [0, 0.05) is 18.4 Å². The number of alkyl carbamates (subject to hydrolysis) is 1. The lowest BCUT2D eigenvalue weighted by Crippen LogP contribution is -2.46. The molecule has 2 aromatic rings. The summed E-state index contributed by atoms with van der Waals surface area (Å²) < 4.78 is 5.65. The highest BCUT2D eigenvalue weighted by Crippen LogP contribution is 2.44. The highest BCUT2D eigenvalue weighted by Gasteiger charge is 2.33. The lowest BCUT2D eigenvalue weighted by atomic mass is 9.98. The van der Waals surface area contributed by atoms with E-state index in [-0.39, 0.29) is 42.7 Å². The van der Waals surface area contributed by atoms with E-state index in [0.29, 0.717) is 0 Å². The molecule has 180 valence electrons. The zero-order chi connectivity index (χ0) is 24.2. The van der Waals surface area contributed by atoms with E-state index in [4.69, 9.17) is 4.74 Å². The molecule has 0 saturated heterocycles. The van der Waals surface area contributed by atoms with Crippen LogP contribution in [0, 0.1) is 11.8 Å². The average molecular weight is 465 g/mol. The molecule has 4 rings (SSSR count). The number of carbonyl (C=O) groups is 3. The van der Waals surface area contributed by atoms with Crippen LogP contribution in [0.15, 0.2) is 48.5 Å². The molecule has 0 aliphatic heterocycles. The summed E-state index contributed by atoms with van der Waals surface area (Å²) in [6, 6.07) is 15.3. The highest BCUT2D eigenvalue weighted by atomic mass is 16.5. The predicted octanol–water partition coefficient (Wildman–Crippen LogP) is 4.31. The summed E-state index contributed by atoms with van der Waals surface area (Å²) in [5.41, 5.74) is 4.67. The molecule has 3 N–H and O–H groups in total. The SMILES string of the molecule is CC(C)C(NC(=O)CC1CCCC1NC(=O)OCC1c2ccccc2-c2ccccc21)C(=O)O. The van der Waals surface area contributed by atoms with E-state index in [1.165, 1.54) is 11.1 Å². The third-order valence-electron chi connectivity index (χ3n) is 7.00. The number of hydrogen-bond donors (Lipinski definition) is 3. The van der Waals surface area contributed by atoms with Gasteiger partial charge in [0.25, 0.3) is 0 Å². The van der Waals surface area contributed by atoms with Crippen molar-refractivity contribution < 1.29 is 24.2 Å². The van der Waals surface area contributed by atoms with E-state index < -0.39 is 18.1 Å². The Kier molecular flexibility index (Phi) is 7.20. The molecule has 0 bridgehead atoms. The summed E-state index contributed by atoms with van der Waals surface area (Å²) in [6.45, 7) is 3.76. The lowest BCUT2D eigenvalue weighted by Gasteiger charge is -2.23. The van der Waals surface area contributed by atoms with Gasteiger partial charge in [-0.3, -0.25) is 4.79 Å². The van der Waals surface area contributed by atoms with Crippen molar-refractivity contribution in [2.45, 2.75) is 57.5 Å². The van der Waals surface area contributed by atoms with Crippen molar-refractivity contribution in [1.29, 1.82) is 0 Å². The van der Waals surface area contributed by atoms with E-state index in [0.717, 1.165) is 30.4 Å². The van der Waals surface area contributed by atoms with Crippen LogP contribution in [0.25, 0.3) is 11.1 Å². The maximum absolute atomic E-state index is 12.7. The Balaban J connectivity index is 1.33. The third kappa shape index (κ3) is 5.08. The molecule has 34 heavy (non-hydrogen) atoms. The summed E-state index contributed by atoms with van der Waals surface area (Å²) in [4.78, 5) is 36.5. The maximum atomic E-state index is 12.7. The first-order chi connectivity index (χ1) is 16.3. The first kappa shape index (κ1) is 23.8. The number of ether oxygens (including phenoxy) is 1. The molecule has 0 aromatic heterocycles. The normalized spacial score (nSPS) is 19.9. The minimum atomic E-state index is -1.04. The Labute approximate surface area is 199 Å². The highest BCUT2D eigenvalue weighted by molar-refractivity contribution is 5.84. The second-order valence-corrected chi connectivity index (χ2v) is 9.60. The Morgan fingerprint density at radius 1 is 1.00 bits per heavy atom. The van der Waals surface area contributed by atoms with Crippen molar-refractivity contribution in [3.05, 3.63) is 59.7 Å². The van der Waals surface area contributed by atoms with E-state index in [9.17, 15) is 19.5 Å². The molecule has 7 heteroatoms. The molecule has 7 nitrogen and oxygen atoms in total. The van der Waals surface area contributed by atoms with Crippen LogP contribution in [0.3, 0.4) is 0 Å². The topological polar surface area (TPSA) is 105 Å². The van der Waals surface area contributed by atoms with Crippen LogP contribution in [-0.4, -0.2) is 41.8 Å². The molecular formula is C27H32N2O5. The fourth-order valence-electron chi connectivity index (χ4n) is 5.25. The third-order valence-corrected chi connectivity index (χ3v) is 7.00. The van der Waals surface area contributed by atoms with Gasteiger partial charge >= 0.3 is 12.1 Å². The van der Waals surface area contributed by atoms with Gasteiger partial charge in [0.2, 0.25) is 5.91 Å².